The number of aromatic nitrogens is 3. The van der Waals surface area contributed by atoms with Crippen molar-refractivity contribution in [3.8, 4) is 0 Å². The second-order valence-electron chi connectivity index (χ2n) is 5.43. The number of nitrogens with zero attached hydrogens (tertiary/aromatic N) is 4. The number of hydrogen-bond acceptors (Lipinski definition) is 4. The van der Waals surface area contributed by atoms with E-state index in [2.05, 4.69) is 27.3 Å². The van der Waals surface area contributed by atoms with Gasteiger partial charge in [0, 0.05) is 31.5 Å². The molecule has 1 saturated heterocycles. The van der Waals surface area contributed by atoms with Crippen molar-refractivity contribution in [3.05, 3.63) is 24.2 Å². The first-order valence-corrected chi connectivity index (χ1v) is 6.77. The van der Waals surface area contributed by atoms with Gasteiger partial charge in [0.1, 0.15) is 5.52 Å². The van der Waals surface area contributed by atoms with Crippen molar-refractivity contribution in [2.75, 3.05) is 32.0 Å². The zero-order chi connectivity index (χ0) is 15.0. The Balaban J connectivity index is 1.80. The van der Waals surface area contributed by atoms with Gasteiger partial charge in [-0.05, 0) is 25.9 Å². The molecule has 1 atom stereocenters. The number of nitrogens with one attached hydrogen (secondary N) is 1. The highest BCUT2D eigenvalue weighted by molar-refractivity contribution is 5.67. The maximum Gasteiger partial charge on any atom is 0.435 e. The summed E-state index contributed by atoms with van der Waals surface area (Å²) in [6.45, 7) is 2.74. The van der Waals surface area contributed by atoms with Crippen LogP contribution in [0.5, 0.6) is 0 Å². The maximum atomic E-state index is 12.7. The molecule has 0 saturated carbocycles. The Labute approximate surface area is 119 Å². The molecule has 0 aliphatic carbocycles. The Bertz CT molecular complexity index is 636. The van der Waals surface area contributed by atoms with E-state index in [-0.39, 0.29) is 0 Å². The number of fused-ring (bicyclic) bond motifs is 1. The van der Waals surface area contributed by atoms with E-state index in [1.54, 1.807) is 0 Å². The van der Waals surface area contributed by atoms with E-state index < -0.39 is 11.9 Å². The van der Waals surface area contributed by atoms with Gasteiger partial charge in [-0.2, -0.15) is 18.3 Å². The summed E-state index contributed by atoms with van der Waals surface area (Å²) < 4.78 is 39.3. The highest BCUT2D eigenvalue weighted by Crippen LogP contribution is 2.30. The summed E-state index contributed by atoms with van der Waals surface area (Å²) in [4.78, 5) is 6.37. The third-order valence-electron chi connectivity index (χ3n) is 3.73. The van der Waals surface area contributed by atoms with Crippen molar-refractivity contribution in [1.29, 1.82) is 0 Å². The van der Waals surface area contributed by atoms with Crippen LogP contribution in [0.15, 0.2) is 18.5 Å². The minimum atomic E-state index is -4.45. The van der Waals surface area contributed by atoms with Crippen molar-refractivity contribution in [2.45, 2.75) is 12.6 Å². The summed E-state index contributed by atoms with van der Waals surface area (Å²) in [5.41, 5.74) is -0.560. The normalized spacial score (nSPS) is 20.3. The molecular weight excluding hydrogens is 283 g/mol. The predicted molar refractivity (Wildman–Crippen MR) is 72.1 cm³/mol. The Hall–Kier alpha value is -1.83. The van der Waals surface area contributed by atoms with Crippen LogP contribution < -0.4 is 5.32 Å². The Morgan fingerprint density at radius 1 is 1.43 bits per heavy atom. The van der Waals surface area contributed by atoms with Gasteiger partial charge in [0.15, 0.2) is 11.5 Å². The summed E-state index contributed by atoms with van der Waals surface area (Å²) in [5.74, 6) is 0.928. The molecule has 0 radical (unpaired) electrons. The van der Waals surface area contributed by atoms with Gasteiger partial charge in [0.2, 0.25) is 0 Å². The van der Waals surface area contributed by atoms with Gasteiger partial charge in [-0.3, -0.25) is 0 Å². The molecule has 8 heteroatoms. The van der Waals surface area contributed by atoms with Gasteiger partial charge in [-0.25, -0.2) is 9.50 Å². The van der Waals surface area contributed by atoms with Crippen molar-refractivity contribution in [1.82, 2.24) is 19.5 Å². The number of anilines is 1. The van der Waals surface area contributed by atoms with Gasteiger partial charge in [0.25, 0.3) is 0 Å². The third kappa shape index (κ3) is 2.94. The standard InChI is InChI=1S/C13H16F3N5/c1-20-4-2-9(8-20)7-18-12-10-6-11(13(14,15)16)19-21(10)5-3-17-12/h3,5-6,9H,2,4,7-8H2,1H3,(H,17,18). The molecule has 3 rings (SSSR count). The van der Waals surface area contributed by atoms with E-state index in [1.807, 2.05) is 0 Å². The van der Waals surface area contributed by atoms with Gasteiger partial charge in [0.05, 0.1) is 0 Å². The molecule has 0 spiro atoms. The molecule has 1 unspecified atom stereocenters. The van der Waals surface area contributed by atoms with Gasteiger partial charge < -0.3 is 10.2 Å². The molecule has 0 amide bonds. The van der Waals surface area contributed by atoms with Crippen LogP contribution in [0.25, 0.3) is 5.52 Å². The second kappa shape index (κ2) is 5.18. The van der Waals surface area contributed by atoms with Crippen molar-refractivity contribution >= 4 is 11.3 Å². The molecule has 2 aromatic heterocycles. The van der Waals surface area contributed by atoms with E-state index in [0.717, 1.165) is 25.6 Å². The molecule has 21 heavy (non-hydrogen) atoms. The number of hydrogen-bond donors (Lipinski definition) is 1. The minimum Gasteiger partial charge on any atom is -0.368 e. The molecule has 1 aliphatic rings. The number of halogens is 3. The Morgan fingerprint density at radius 2 is 2.24 bits per heavy atom. The SMILES string of the molecule is CN1CCC(CNc2nccn3nc(C(F)(F)F)cc23)C1. The fourth-order valence-corrected chi connectivity index (χ4v) is 2.63. The van der Waals surface area contributed by atoms with Gasteiger partial charge in [-0.15, -0.1) is 0 Å². The predicted octanol–water partition coefficient (Wildman–Crippen LogP) is 2.11. The lowest BCUT2D eigenvalue weighted by Crippen LogP contribution is -2.19. The summed E-state index contributed by atoms with van der Waals surface area (Å²) >= 11 is 0. The Kier molecular flexibility index (Phi) is 3.48. The van der Waals surface area contributed by atoms with Crippen LogP contribution in [0.2, 0.25) is 0 Å². The highest BCUT2D eigenvalue weighted by atomic mass is 19.4. The largest absolute Gasteiger partial charge is 0.435 e. The summed E-state index contributed by atoms with van der Waals surface area (Å²) in [6, 6.07) is 1.02. The van der Waals surface area contributed by atoms with Crippen LogP contribution in [0.4, 0.5) is 19.0 Å². The zero-order valence-corrected chi connectivity index (χ0v) is 11.6. The van der Waals surface area contributed by atoms with E-state index in [4.69, 9.17) is 0 Å². The van der Waals surface area contributed by atoms with Crippen molar-refractivity contribution in [2.24, 2.45) is 5.92 Å². The molecule has 5 nitrogen and oxygen atoms in total. The zero-order valence-electron chi connectivity index (χ0n) is 11.6. The summed E-state index contributed by atoms with van der Waals surface area (Å²) in [6.07, 6.45) is -0.500. The first-order valence-electron chi connectivity index (χ1n) is 6.77. The lowest BCUT2D eigenvalue weighted by atomic mass is 10.1. The number of likely N-dealkylation sites (tertiary alicyclic amines) is 1. The van der Waals surface area contributed by atoms with Crippen LogP contribution in [-0.4, -0.2) is 46.2 Å². The van der Waals surface area contributed by atoms with E-state index >= 15 is 0 Å². The lowest BCUT2D eigenvalue weighted by Gasteiger charge is -2.12. The summed E-state index contributed by atoms with van der Waals surface area (Å²) in [7, 11) is 2.06. The van der Waals surface area contributed by atoms with Gasteiger partial charge in [-0.1, -0.05) is 0 Å². The fraction of sp³-hybridized carbons (Fsp3) is 0.538. The molecule has 1 N–H and O–H groups in total. The molecule has 1 fully saturated rings. The van der Waals surface area contributed by atoms with Crippen LogP contribution in [-0.2, 0) is 6.18 Å². The van der Waals surface area contributed by atoms with Crippen molar-refractivity contribution in [3.63, 3.8) is 0 Å². The maximum absolute atomic E-state index is 12.7. The average Bonchev–Trinajstić information content (AvgIpc) is 3.01. The first kappa shape index (κ1) is 14.1. The van der Waals surface area contributed by atoms with Crippen LogP contribution in [0.3, 0.4) is 0 Å². The monoisotopic (exact) mass is 299 g/mol. The summed E-state index contributed by atoms with van der Waals surface area (Å²) in [5, 5.41) is 6.69. The highest BCUT2D eigenvalue weighted by Gasteiger charge is 2.34. The molecule has 1 aliphatic heterocycles. The third-order valence-corrected chi connectivity index (χ3v) is 3.73. The van der Waals surface area contributed by atoms with Crippen LogP contribution in [0.1, 0.15) is 12.1 Å². The molecule has 114 valence electrons. The number of rotatable bonds is 3. The quantitative estimate of drug-likeness (QED) is 0.943. The minimum absolute atomic E-state index is 0.344. The van der Waals surface area contributed by atoms with Gasteiger partial charge >= 0.3 is 6.18 Å². The Morgan fingerprint density at radius 3 is 2.90 bits per heavy atom. The molecule has 2 aromatic rings. The fourth-order valence-electron chi connectivity index (χ4n) is 2.63. The van der Waals surface area contributed by atoms with E-state index in [9.17, 15) is 13.2 Å². The first-order chi connectivity index (χ1) is 9.93. The van der Waals surface area contributed by atoms with Crippen molar-refractivity contribution < 1.29 is 13.2 Å². The molecule has 3 heterocycles. The molecule has 0 bridgehead atoms. The second-order valence-corrected chi connectivity index (χ2v) is 5.43. The van der Waals surface area contributed by atoms with Crippen LogP contribution >= 0.6 is 0 Å². The smallest absolute Gasteiger partial charge is 0.368 e. The van der Waals surface area contributed by atoms with E-state index in [1.165, 1.54) is 16.9 Å². The lowest BCUT2D eigenvalue weighted by molar-refractivity contribution is -0.141. The topological polar surface area (TPSA) is 45.5 Å². The molecular formula is C13H16F3N5. The van der Waals surface area contributed by atoms with E-state index in [0.29, 0.717) is 23.8 Å². The average molecular weight is 299 g/mol. The molecule has 0 aromatic carbocycles. The number of alkyl halides is 3. The van der Waals surface area contributed by atoms with Crippen LogP contribution in [0, 0.1) is 5.92 Å².